The molecular formula is C17H16ClN3O2. The van der Waals surface area contributed by atoms with Crippen LogP contribution in [0.1, 0.15) is 18.4 Å². The van der Waals surface area contributed by atoms with Crippen molar-refractivity contribution in [2.24, 2.45) is 5.92 Å². The molecular weight excluding hydrogens is 314 g/mol. The van der Waals surface area contributed by atoms with E-state index in [0.29, 0.717) is 23.7 Å². The third-order valence-electron chi connectivity index (χ3n) is 3.83. The van der Waals surface area contributed by atoms with Crippen LogP contribution in [0, 0.1) is 5.92 Å². The summed E-state index contributed by atoms with van der Waals surface area (Å²) in [7, 11) is 0. The minimum absolute atomic E-state index is 0.0267. The largest absolute Gasteiger partial charge is 0.326 e. The topological polar surface area (TPSA) is 71.1 Å². The molecule has 1 aromatic carbocycles. The van der Waals surface area contributed by atoms with Crippen molar-refractivity contribution in [3.05, 3.63) is 53.2 Å². The lowest BCUT2D eigenvalue weighted by atomic mass is 9.89. The lowest BCUT2D eigenvalue weighted by Gasteiger charge is -2.24. The van der Waals surface area contributed by atoms with E-state index >= 15 is 0 Å². The van der Waals surface area contributed by atoms with Crippen LogP contribution in [0.3, 0.4) is 0 Å². The number of hydrogen-bond donors (Lipinski definition) is 2. The number of halogens is 1. The maximum absolute atomic E-state index is 12.1. The second-order valence-corrected chi connectivity index (χ2v) is 5.93. The highest BCUT2D eigenvalue weighted by Crippen LogP contribution is 2.27. The quantitative estimate of drug-likeness (QED) is 0.904. The summed E-state index contributed by atoms with van der Waals surface area (Å²) in [5.41, 5.74) is 1.97. The van der Waals surface area contributed by atoms with Crippen LogP contribution in [0.5, 0.6) is 0 Å². The molecule has 0 saturated heterocycles. The Bertz CT molecular complexity index is 731. The highest BCUT2D eigenvalue weighted by atomic mass is 35.5. The summed E-state index contributed by atoms with van der Waals surface area (Å²) in [5.74, 6) is 0.0827. The Balaban J connectivity index is 1.55. The van der Waals surface area contributed by atoms with E-state index in [-0.39, 0.29) is 24.2 Å². The fraction of sp³-hybridized carbons (Fsp3) is 0.235. The fourth-order valence-electron chi connectivity index (χ4n) is 2.61. The van der Waals surface area contributed by atoms with Crippen molar-refractivity contribution >= 4 is 34.9 Å². The second kappa shape index (κ2) is 6.79. The lowest BCUT2D eigenvalue weighted by molar-refractivity contribution is -0.121. The second-order valence-electron chi connectivity index (χ2n) is 5.50. The normalized spacial score (nSPS) is 16.4. The molecule has 0 spiro atoms. The lowest BCUT2D eigenvalue weighted by Crippen LogP contribution is -2.30. The smallest absolute Gasteiger partial charge is 0.227 e. The molecule has 0 fully saturated rings. The molecule has 1 atom stereocenters. The number of nitrogens with one attached hydrogen (secondary N) is 2. The Morgan fingerprint density at radius 1 is 1.30 bits per heavy atom. The molecule has 0 aliphatic carbocycles. The van der Waals surface area contributed by atoms with Crippen LogP contribution in [-0.2, 0) is 16.0 Å². The average Bonchev–Trinajstić information content (AvgIpc) is 2.55. The summed E-state index contributed by atoms with van der Waals surface area (Å²) < 4.78 is 0. The first-order chi connectivity index (χ1) is 11.1. The summed E-state index contributed by atoms with van der Waals surface area (Å²) in [6.45, 7) is 0. The average molecular weight is 330 g/mol. The molecule has 2 heterocycles. The fourth-order valence-corrected chi connectivity index (χ4v) is 2.72. The van der Waals surface area contributed by atoms with E-state index in [9.17, 15) is 9.59 Å². The molecule has 6 heteroatoms. The van der Waals surface area contributed by atoms with Crippen molar-refractivity contribution < 1.29 is 9.59 Å². The standard InChI is InChI=1S/C17H16ClN3O2/c18-13-6-7-15(19-10-13)21-16(22)8-5-12-9-11-3-1-2-4-14(11)20-17(12)23/h1-4,6-7,10,12H,5,8-9H2,(H,20,23)(H,19,21,22). The van der Waals surface area contributed by atoms with Gasteiger partial charge in [-0.3, -0.25) is 9.59 Å². The van der Waals surface area contributed by atoms with Crippen molar-refractivity contribution in [3.8, 4) is 0 Å². The van der Waals surface area contributed by atoms with Gasteiger partial charge in [-0.15, -0.1) is 0 Å². The first kappa shape index (κ1) is 15.5. The Hall–Kier alpha value is -2.40. The Labute approximate surface area is 139 Å². The minimum atomic E-state index is -0.186. The zero-order chi connectivity index (χ0) is 16.2. The van der Waals surface area contributed by atoms with Crippen LogP contribution in [-0.4, -0.2) is 16.8 Å². The Kier molecular flexibility index (Phi) is 4.57. The first-order valence-electron chi connectivity index (χ1n) is 7.42. The number of para-hydroxylation sites is 1. The molecule has 1 unspecified atom stereocenters. The van der Waals surface area contributed by atoms with Gasteiger partial charge in [0, 0.05) is 24.2 Å². The number of aromatic nitrogens is 1. The highest BCUT2D eigenvalue weighted by Gasteiger charge is 2.26. The molecule has 0 radical (unpaired) electrons. The van der Waals surface area contributed by atoms with E-state index in [2.05, 4.69) is 15.6 Å². The van der Waals surface area contributed by atoms with Crippen LogP contribution < -0.4 is 10.6 Å². The van der Waals surface area contributed by atoms with Crippen molar-refractivity contribution in [1.29, 1.82) is 0 Å². The number of fused-ring (bicyclic) bond motifs is 1. The summed E-state index contributed by atoms with van der Waals surface area (Å²) in [4.78, 5) is 28.1. The van der Waals surface area contributed by atoms with Gasteiger partial charge in [-0.1, -0.05) is 29.8 Å². The maximum atomic E-state index is 12.1. The number of anilines is 2. The molecule has 118 valence electrons. The maximum Gasteiger partial charge on any atom is 0.227 e. The molecule has 3 rings (SSSR count). The van der Waals surface area contributed by atoms with Crippen LogP contribution >= 0.6 is 11.6 Å². The molecule has 23 heavy (non-hydrogen) atoms. The van der Waals surface area contributed by atoms with Crippen LogP contribution in [0.25, 0.3) is 0 Å². The number of pyridine rings is 1. The van der Waals surface area contributed by atoms with Gasteiger partial charge in [0.25, 0.3) is 0 Å². The molecule has 1 aromatic heterocycles. The van der Waals surface area contributed by atoms with E-state index in [1.54, 1.807) is 12.1 Å². The highest BCUT2D eigenvalue weighted by molar-refractivity contribution is 6.30. The van der Waals surface area contributed by atoms with Gasteiger partial charge in [-0.2, -0.15) is 0 Å². The third-order valence-corrected chi connectivity index (χ3v) is 4.05. The van der Waals surface area contributed by atoms with E-state index < -0.39 is 0 Å². The SMILES string of the molecule is O=C(CCC1Cc2ccccc2NC1=O)Nc1ccc(Cl)cn1. The molecule has 0 saturated carbocycles. The van der Waals surface area contributed by atoms with Gasteiger partial charge < -0.3 is 10.6 Å². The molecule has 5 nitrogen and oxygen atoms in total. The van der Waals surface area contributed by atoms with Gasteiger partial charge in [0.2, 0.25) is 11.8 Å². The van der Waals surface area contributed by atoms with Crippen molar-refractivity contribution in [2.45, 2.75) is 19.3 Å². The predicted molar refractivity (Wildman–Crippen MR) is 89.4 cm³/mol. The van der Waals surface area contributed by atoms with Gasteiger partial charge >= 0.3 is 0 Å². The summed E-state index contributed by atoms with van der Waals surface area (Å²) >= 11 is 5.75. The first-order valence-corrected chi connectivity index (χ1v) is 7.80. The van der Waals surface area contributed by atoms with Crippen LogP contribution in [0.15, 0.2) is 42.6 Å². The minimum Gasteiger partial charge on any atom is -0.326 e. The van der Waals surface area contributed by atoms with E-state index in [1.807, 2.05) is 24.3 Å². The van der Waals surface area contributed by atoms with Crippen molar-refractivity contribution in [1.82, 2.24) is 4.98 Å². The summed E-state index contributed by atoms with van der Waals surface area (Å²) in [5, 5.41) is 6.11. The molecule has 2 amide bonds. The predicted octanol–water partition coefficient (Wildman–Crippen LogP) is 3.26. The molecule has 2 aromatic rings. The number of benzene rings is 1. The zero-order valence-corrected chi connectivity index (χ0v) is 13.1. The van der Waals surface area contributed by atoms with Gasteiger partial charge in [0.05, 0.1) is 5.02 Å². The number of carbonyl (C=O) groups excluding carboxylic acids is 2. The van der Waals surface area contributed by atoms with Crippen LogP contribution in [0.4, 0.5) is 11.5 Å². The van der Waals surface area contributed by atoms with Crippen LogP contribution in [0.2, 0.25) is 5.02 Å². The summed E-state index contributed by atoms with van der Waals surface area (Å²) in [6.07, 6.45) is 2.90. The number of amides is 2. The van der Waals surface area contributed by atoms with E-state index in [1.165, 1.54) is 6.20 Å². The van der Waals surface area contributed by atoms with E-state index in [4.69, 9.17) is 11.6 Å². The van der Waals surface area contributed by atoms with Gasteiger partial charge in [-0.05, 0) is 36.6 Å². The molecule has 1 aliphatic rings. The Morgan fingerprint density at radius 3 is 2.91 bits per heavy atom. The third kappa shape index (κ3) is 3.87. The molecule has 1 aliphatic heterocycles. The monoisotopic (exact) mass is 329 g/mol. The number of carbonyl (C=O) groups is 2. The number of nitrogens with zero attached hydrogens (tertiary/aromatic N) is 1. The van der Waals surface area contributed by atoms with E-state index in [0.717, 1.165) is 11.3 Å². The molecule has 2 N–H and O–H groups in total. The number of hydrogen-bond acceptors (Lipinski definition) is 3. The van der Waals surface area contributed by atoms with Crippen molar-refractivity contribution in [2.75, 3.05) is 10.6 Å². The zero-order valence-electron chi connectivity index (χ0n) is 12.4. The van der Waals surface area contributed by atoms with Gasteiger partial charge in [0.15, 0.2) is 0 Å². The Morgan fingerprint density at radius 2 is 2.13 bits per heavy atom. The van der Waals surface area contributed by atoms with Crippen molar-refractivity contribution in [3.63, 3.8) is 0 Å². The van der Waals surface area contributed by atoms with Gasteiger partial charge in [-0.25, -0.2) is 4.98 Å². The number of rotatable bonds is 4. The molecule has 0 bridgehead atoms. The van der Waals surface area contributed by atoms with Gasteiger partial charge in [0.1, 0.15) is 5.82 Å². The summed E-state index contributed by atoms with van der Waals surface area (Å²) in [6, 6.07) is 11.0.